The summed E-state index contributed by atoms with van der Waals surface area (Å²) in [5.41, 5.74) is 0.945. The van der Waals surface area contributed by atoms with E-state index in [4.69, 9.17) is 0 Å². The number of halogens is 3. The highest BCUT2D eigenvalue weighted by Gasteiger charge is 2.52. The molecule has 4 bridgehead atoms. The Morgan fingerprint density at radius 1 is 1.18 bits per heavy atom. The Bertz CT molecular complexity index is 575. The molecule has 5 rings (SSSR count). The van der Waals surface area contributed by atoms with Gasteiger partial charge in [-0.2, -0.15) is 13.2 Å². The zero-order chi connectivity index (χ0) is 15.5. The normalized spacial score (nSPS) is 36.6. The van der Waals surface area contributed by atoms with Gasteiger partial charge >= 0.3 is 12.1 Å². The van der Waals surface area contributed by atoms with Gasteiger partial charge in [0.25, 0.3) is 0 Å². The Morgan fingerprint density at radius 2 is 1.73 bits per heavy atom. The number of carbonyl (C=O) groups is 1. The van der Waals surface area contributed by atoms with Crippen LogP contribution in [0.25, 0.3) is 0 Å². The molecule has 0 radical (unpaired) electrons. The van der Waals surface area contributed by atoms with E-state index in [9.17, 15) is 18.0 Å². The minimum Gasteiger partial charge on any atom is -0.294 e. The summed E-state index contributed by atoms with van der Waals surface area (Å²) in [6, 6.07) is 0. The Balaban J connectivity index is 1.56. The van der Waals surface area contributed by atoms with E-state index in [0.717, 1.165) is 54.0 Å². The van der Waals surface area contributed by atoms with Gasteiger partial charge in [-0.1, -0.05) is 0 Å². The number of nitrogens with one attached hydrogen (secondary N) is 1. The molecule has 1 amide bonds. The fraction of sp³-hybridized carbons (Fsp3) is 0.733. The minimum absolute atomic E-state index is 0.0481. The summed E-state index contributed by atoms with van der Waals surface area (Å²) in [5, 5.41) is 3.79. The van der Waals surface area contributed by atoms with Crippen LogP contribution in [0.1, 0.15) is 44.2 Å². The number of thiazole rings is 1. The molecule has 22 heavy (non-hydrogen) atoms. The number of alkyl halides is 3. The van der Waals surface area contributed by atoms with E-state index in [1.807, 2.05) is 10.7 Å². The Labute approximate surface area is 130 Å². The first-order valence-electron chi connectivity index (χ1n) is 7.68. The number of amides is 1. The van der Waals surface area contributed by atoms with Crippen molar-refractivity contribution >= 4 is 22.4 Å². The number of rotatable bonds is 2. The number of carbonyl (C=O) groups excluding carboxylic acids is 1. The molecule has 4 saturated carbocycles. The zero-order valence-electron chi connectivity index (χ0n) is 11.9. The standard InChI is InChI=1S/C15H17F3N2OS/c16-15(17,18)12(21)20-13-19-11(7-22-13)14-4-8-1-9(5-14)3-10(2-8)6-14/h7-10H,1-6H2,(H,19,20,21). The lowest BCUT2D eigenvalue weighted by molar-refractivity contribution is -0.167. The van der Waals surface area contributed by atoms with E-state index in [2.05, 4.69) is 4.98 Å². The molecule has 0 saturated heterocycles. The smallest absolute Gasteiger partial charge is 0.294 e. The van der Waals surface area contributed by atoms with Crippen molar-refractivity contribution in [1.82, 2.24) is 4.98 Å². The molecule has 0 unspecified atom stereocenters. The van der Waals surface area contributed by atoms with Gasteiger partial charge in [-0.05, 0) is 56.3 Å². The molecule has 0 aliphatic heterocycles. The van der Waals surface area contributed by atoms with Gasteiger partial charge in [0.15, 0.2) is 5.13 Å². The van der Waals surface area contributed by atoms with Gasteiger partial charge < -0.3 is 0 Å². The van der Waals surface area contributed by atoms with Crippen LogP contribution in [0.4, 0.5) is 18.3 Å². The molecule has 4 aliphatic rings. The van der Waals surface area contributed by atoms with Crippen molar-refractivity contribution in [2.24, 2.45) is 17.8 Å². The summed E-state index contributed by atoms with van der Waals surface area (Å²) in [6.07, 6.45) is 2.37. The van der Waals surface area contributed by atoms with Crippen molar-refractivity contribution in [2.75, 3.05) is 5.32 Å². The molecule has 4 aliphatic carbocycles. The molecule has 4 fully saturated rings. The van der Waals surface area contributed by atoms with Gasteiger partial charge in [-0.3, -0.25) is 10.1 Å². The van der Waals surface area contributed by atoms with Gasteiger partial charge in [0.2, 0.25) is 0 Å². The van der Waals surface area contributed by atoms with Crippen molar-refractivity contribution < 1.29 is 18.0 Å². The molecular weight excluding hydrogens is 313 g/mol. The maximum absolute atomic E-state index is 12.3. The van der Waals surface area contributed by atoms with Crippen molar-refractivity contribution in [1.29, 1.82) is 0 Å². The van der Waals surface area contributed by atoms with Crippen LogP contribution in [-0.2, 0) is 10.2 Å². The molecule has 1 aromatic heterocycles. The Morgan fingerprint density at radius 3 is 2.23 bits per heavy atom. The SMILES string of the molecule is O=C(Nc1nc(C23CC4CC(CC(C4)C2)C3)cs1)C(F)(F)F. The second-order valence-electron chi connectivity index (χ2n) is 7.19. The van der Waals surface area contributed by atoms with Crippen molar-refractivity contribution in [2.45, 2.75) is 50.1 Å². The predicted molar refractivity (Wildman–Crippen MR) is 76.6 cm³/mol. The van der Waals surface area contributed by atoms with Crippen molar-refractivity contribution in [3.05, 3.63) is 11.1 Å². The van der Waals surface area contributed by atoms with Crippen LogP contribution >= 0.6 is 11.3 Å². The van der Waals surface area contributed by atoms with Crippen LogP contribution in [0.2, 0.25) is 0 Å². The monoisotopic (exact) mass is 330 g/mol. The van der Waals surface area contributed by atoms with Crippen molar-refractivity contribution in [3.63, 3.8) is 0 Å². The fourth-order valence-corrected chi connectivity index (χ4v) is 6.00. The first-order valence-corrected chi connectivity index (χ1v) is 8.56. The van der Waals surface area contributed by atoms with Crippen LogP contribution in [0.15, 0.2) is 5.38 Å². The molecule has 0 aromatic carbocycles. The van der Waals surface area contributed by atoms with Crippen molar-refractivity contribution in [3.8, 4) is 0 Å². The van der Waals surface area contributed by atoms with Crippen LogP contribution < -0.4 is 5.32 Å². The van der Waals surface area contributed by atoms with E-state index >= 15 is 0 Å². The number of aromatic nitrogens is 1. The van der Waals surface area contributed by atoms with E-state index in [1.54, 1.807) is 0 Å². The molecular formula is C15H17F3N2OS. The summed E-state index contributed by atoms with van der Waals surface area (Å²) >= 11 is 1.10. The van der Waals surface area contributed by atoms with Crippen LogP contribution in [0, 0.1) is 17.8 Å². The zero-order valence-corrected chi connectivity index (χ0v) is 12.8. The highest BCUT2D eigenvalue weighted by molar-refractivity contribution is 7.14. The first kappa shape index (κ1) is 14.5. The minimum atomic E-state index is -4.87. The fourth-order valence-electron chi connectivity index (χ4n) is 5.17. The quantitative estimate of drug-likeness (QED) is 0.886. The Hall–Kier alpha value is -1.11. The lowest BCUT2D eigenvalue weighted by Crippen LogP contribution is -2.48. The summed E-state index contributed by atoms with van der Waals surface area (Å²) in [4.78, 5) is 15.4. The average molecular weight is 330 g/mol. The molecule has 1 N–H and O–H groups in total. The number of hydrogen-bond acceptors (Lipinski definition) is 3. The summed E-state index contributed by atoms with van der Waals surface area (Å²) in [7, 11) is 0. The molecule has 0 atom stereocenters. The summed E-state index contributed by atoms with van der Waals surface area (Å²) in [6.45, 7) is 0. The van der Waals surface area contributed by atoms with Gasteiger partial charge in [0, 0.05) is 10.8 Å². The predicted octanol–water partition coefficient (Wildman–Crippen LogP) is 4.11. The van der Waals surface area contributed by atoms with E-state index in [-0.39, 0.29) is 10.5 Å². The Kier molecular flexibility index (Phi) is 3.09. The number of nitrogens with zero attached hydrogens (tertiary/aromatic N) is 1. The second-order valence-corrected chi connectivity index (χ2v) is 8.05. The van der Waals surface area contributed by atoms with Gasteiger partial charge in [-0.15, -0.1) is 11.3 Å². The van der Waals surface area contributed by atoms with Crippen LogP contribution in [-0.4, -0.2) is 17.1 Å². The number of anilines is 1. The van der Waals surface area contributed by atoms with Gasteiger partial charge in [-0.25, -0.2) is 4.98 Å². The highest BCUT2D eigenvalue weighted by atomic mass is 32.1. The van der Waals surface area contributed by atoms with E-state index in [0.29, 0.717) is 0 Å². The van der Waals surface area contributed by atoms with Gasteiger partial charge in [0.05, 0.1) is 5.69 Å². The average Bonchev–Trinajstić information content (AvgIpc) is 2.85. The molecule has 1 heterocycles. The molecule has 120 valence electrons. The van der Waals surface area contributed by atoms with Crippen LogP contribution in [0.5, 0.6) is 0 Å². The third kappa shape index (κ3) is 2.33. The largest absolute Gasteiger partial charge is 0.471 e. The maximum atomic E-state index is 12.3. The maximum Gasteiger partial charge on any atom is 0.471 e. The molecule has 3 nitrogen and oxygen atoms in total. The topological polar surface area (TPSA) is 42.0 Å². The summed E-state index contributed by atoms with van der Waals surface area (Å²) in [5.74, 6) is 0.308. The highest BCUT2D eigenvalue weighted by Crippen LogP contribution is 2.60. The molecule has 7 heteroatoms. The third-order valence-electron chi connectivity index (χ3n) is 5.56. The third-order valence-corrected chi connectivity index (χ3v) is 6.32. The molecule has 0 spiro atoms. The molecule has 1 aromatic rings. The lowest BCUT2D eigenvalue weighted by atomic mass is 9.49. The van der Waals surface area contributed by atoms with Crippen LogP contribution in [0.3, 0.4) is 0 Å². The van der Waals surface area contributed by atoms with E-state index < -0.39 is 12.1 Å². The van der Waals surface area contributed by atoms with E-state index in [1.165, 1.54) is 19.3 Å². The summed E-state index contributed by atoms with van der Waals surface area (Å²) < 4.78 is 37.0. The van der Waals surface area contributed by atoms with Gasteiger partial charge in [0.1, 0.15) is 0 Å². The first-order chi connectivity index (χ1) is 10.3. The number of hydrogen-bond donors (Lipinski definition) is 1. The lowest BCUT2D eigenvalue weighted by Gasteiger charge is -2.56. The second kappa shape index (κ2) is 4.69.